The molecule has 2 N–H and O–H groups in total. The van der Waals surface area contributed by atoms with E-state index in [1.807, 2.05) is 0 Å². The van der Waals surface area contributed by atoms with E-state index < -0.39 is 0 Å². The van der Waals surface area contributed by atoms with E-state index in [-0.39, 0.29) is 0 Å². The summed E-state index contributed by atoms with van der Waals surface area (Å²) in [4.78, 5) is 18.3. The molecule has 2 atom stereocenters. The van der Waals surface area contributed by atoms with E-state index in [9.17, 15) is 0 Å². The second-order valence-electron chi connectivity index (χ2n) is 21.6. The van der Waals surface area contributed by atoms with Crippen molar-refractivity contribution in [2.45, 2.75) is 272 Å². The Kier molecular flexibility index (Phi) is 28.4. The first-order valence-corrected chi connectivity index (χ1v) is 29.7. The lowest BCUT2D eigenvalue weighted by Gasteiger charge is -2.17. The third kappa shape index (κ3) is 21.7. The molecule has 2 unspecified atom stereocenters. The van der Waals surface area contributed by atoms with Crippen molar-refractivity contribution in [2.24, 2.45) is 11.8 Å². The first-order valence-electron chi connectivity index (χ1n) is 29.7. The van der Waals surface area contributed by atoms with Crippen LogP contribution in [0.15, 0.2) is 36.4 Å². The van der Waals surface area contributed by atoms with Crippen molar-refractivity contribution in [1.82, 2.24) is 19.9 Å². The minimum atomic E-state index is 0.838. The van der Waals surface area contributed by atoms with Crippen LogP contribution in [0.5, 0.6) is 0 Å². The van der Waals surface area contributed by atoms with Crippen molar-refractivity contribution in [1.29, 1.82) is 0 Å². The molecule has 68 heavy (non-hydrogen) atoms. The summed E-state index contributed by atoms with van der Waals surface area (Å²) in [6.45, 7) is 9.29. The topological polar surface area (TPSA) is 57.4 Å². The number of aryl methyl sites for hydroxylation is 2. The molecule has 4 heteroatoms. The molecule has 8 bridgehead atoms. The zero-order chi connectivity index (χ0) is 47.7. The number of aromatic nitrogens is 4. The number of nitrogens with zero attached hydrogens (tertiary/aromatic N) is 2. The lowest BCUT2D eigenvalue weighted by Crippen LogP contribution is -2.03. The van der Waals surface area contributed by atoms with Crippen molar-refractivity contribution in [3.8, 4) is 0 Å². The van der Waals surface area contributed by atoms with Gasteiger partial charge in [0.2, 0.25) is 0 Å². The molecule has 0 aromatic carbocycles. The first-order chi connectivity index (χ1) is 33.6. The van der Waals surface area contributed by atoms with E-state index in [4.69, 9.17) is 9.97 Å². The third-order valence-electron chi connectivity index (χ3n) is 15.6. The van der Waals surface area contributed by atoms with Gasteiger partial charge in [0.25, 0.3) is 0 Å². The third-order valence-corrected chi connectivity index (χ3v) is 15.6. The van der Waals surface area contributed by atoms with Gasteiger partial charge in [0.1, 0.15) is 0 Å². The van der Waals surface area contributed by atoms with Crippen LogP contribution in [-0.4, -0.2) is 19.9 Å². The van der Waals surface area contributed by atoms with Crippen LogP contribution in [0.2, 0.25) is 0 Å². The molecule has 0 spiro atoms. The molecule has 3 aromatic rings. The van der Waals surface area contributed by atoms with Crippen molar-refractivity contribution in [3.05, 3.63) is 70.3 Å². The van der Waals surface area contributed by atoms with Gasteiger partial charge in [0, 0.05) is 33.2 Å². The van der Waals surface area contributed by atoms with E-state index in [1.54, 1.807) is 0 Å². The van der Waals surface area contributed by atoms with Crippen LogP contribution in [0.1, 0.15) is 293 Å². The van der Waals surface area contributed by atoms with E-state index in [1.165, 1.54) is 253 Å². The molecule has 0 saturated heterocycles. The Bertz CT molecular complexity index is 1850. The van der Waals surface area contributed by atoms with E-state index in [0.717, 1.165) is 58.5 Å². The van der Waals surface area contributed by atoms with E-state index >= 15 is 0 Å². The van der Waals surface area contributed by atoms with Gasteiger partial charge in [0.05, 0.1) is 22.8 Å². The van der Waals surface area contributed by atoms with Gasteiger partial charge in [-0.3, -0.25) is 0 Å². The summed E-state index contributed by atoms with van der Waals surface area (Å²) in [6.07, 6.45) is 60.9. The van der Waals surface area contributed by atoms with Crippen molar-refractivity contribution in [3.63, 3.8) is 0 Å². The molecule has 0 aliphatic carbocycles. The normalized spacial score (nSPS) is 13.2. The molecular formula is C64H102N4. The fourth-order valence-electron chi connectivity index (χ4n) is 11.3. The Balaban J connectivity index is 1.29. The lowest BCUT2D eigenvalue weighted by molar-refractivity contribution is 0.372. The van der Waals surface area contributed by atoms with E-state index in [0.29, 0.717) is 0 Å². The van der Waals surface area contributed by atoms with Crippen LogP contribution in [-0.2, 0) is 12.8 Å². The highest BCUT2D eigenvalue weighted by atomic mass is 14.8. The maximum atomic E-state index is 5.30. The largest absolute Gasteiger partial charge is 0.355 e. The van der Waals surface area contributed by atoms with Gasteiger partial charge in [-0.2, -0.15) is 0 Å². The summed E-state index contributed by atoms with van der Waals surface area (Å²) in [7, 11) is 0. The molecule has 0 saturated carbocycles. The van der Waals surface area contributed by atoms with Gasteiger partial charge >= 0.3 is 0 Å². The summed E-state index contributed by atoms with van der Waals surface area (Å²) in [6, 6.07) is 13.6. The smallest absolute Gasteiger partial charge is 0.0690 e. The average Bonchev–Trinajstić information content (AvgIpc) is 4.20. The first kappa shape index (κ1) is 55.5. The Morgan fingerprint density at radius 3 is 0.956 bits per heavy atom. The lowest BCUT2D eigenvalue weighted by atomic mass is 9.89. The number of fused-ring (bicyclic) bond motifs is 8. The summed E-state index contributed by atoms with van der Waals surface area (Å²) < 4.78 is 0. The molecule has 0 radical (unpaired) electrons. The quantitative estimate of drug-likeness (QED) is 0.0385. The van der Waals surface area contributed by atoms with Crippen LogP contribution < -0.4 is 0 Å². The zero-order valence-electron chi connectivity index (χ0n) is 44.7. The number of nitrogens with one attached hydrogen (secondary N) is 2. The van der Waals surface area contributed by atoms with Gasteiger partial charge in [-0.1, -0.05) is 246 Å². The van der Waals surface area contributed by atoms with Crippen molar-refractivity contribution in [2.75, 3.05) is 0 Å². The maximum absolute atomic E-state index is 5.30. The number of rotatable bonds is 40. The number of hydrogen-bond acceptors (Lipinski definition) is 2. The predicted molar refractivity (Wildman–Crippen MR) is 302 cm³/mol. The van der Waals surface area contributed by atoms with Gasteiger partial charge in [-0.25, -0.2) is 9.97 Å². The Hall–Kier alpha value is -3.40. The maximum Gasteiger partial charge on any atom is 0.0690 e. The Labute approximate surface area is 418 Å². The van der Waals surface area contributed by atoms with Crippen molar-refractivity contribution < 1.29 is 0 Å². The highest BCUT2D eigenvalue weighted by Gasteiger charge is 2.15. The summed E-state index contributed by atoms with van der Waals surface area (Å²) in [5.74, 6) is 1.68. The van der Waals surface area contributed by atoms with Gasteiger partial charge in [-0.05, 0) is 98.2 Å². The highest BCUT2D eigenvalue weighted by molar-refractivity contribution is 5.80. The number of hydrogen-bond donors (Lipinski definition) is 2. The standard InChI is InChI=1S/C64H102N4/c1-5-9-13-17-21-23-27-31-37-53(35-29-25-19-15-11-7-3)39-33-41-59-61-47-43-55(65-61)51-57-45-49-63(67-57)60(64-50-46-58(68-64)52-56-44-48-62(59)66-56)42-34-40-54(36-30-26-20-16-12-8-4)38-32-28-24-22-18-14-10-6-2/h43-54,65,68H,5-42H2,1-4H3. The molecule has 4 nitrogen and oxygen atoms in total. The molecular weight excluding hydrogens is 825 g/mol. The fourth-order valence-corrected chi connectivity index (χ4v) is 11.3. The van der Waals surface area contributed by atoms with E-state index in [2.05, 4.69) is 98.4 Å². The predicted octanol–water partition coefficient (Wildman–Crippen LogP) is 21.1. The molecule has 0 fully saturated rings. The van der Waals surface area contributed by atoms with Crippen LogP contribution in [0, 0.1) is 11.8 Å². The summed E-state index contributed by atoms with van der Waals surface area (Å²) >= 11 is 0. The Morgan fingerprint density at radius 2 is 0.632 bits per heavy atom. The second kappa shape index (κ2) is 34.8. The summed E-state index contributed by atoms with van der Waals surface area (Å²) in [5.41, 5.74) is 11.6. The number of H-pyrrole nitrogens is 2. The zero-order valence-corrected chi connectivity index (χ0v) is 44.7. The molecule has 2 aliphatic heterocycles. The van der Waals surface area contributed by atoms with Crippen LogP contribution in [0.3, 0.4) is 0 Å². The average molecular weight is 928 g/mol. The molecule has 5 rings (SSSR count). The molecule has 3 aromatic heterocycles. The summed E-state index contributed by atoms with van der Waals surface area (Å²) in [5, 5.41) is 0. The second-order valence-corrected chi connectivity index (χ2v) is 21.6. The molecule has 5 heterocycles. The molecule has 0 amide bonds. The van der Waals surface area contributed by atoms with Crippen LogP contribution in [0.25, 0.3) is 46.4 Å². The van der Waals surface area contributed by atoms with Gasteiger partial charge in [-0.15, -0.1) is 0 Å². The fraction of sp³-hybridized carbons (Fsp3) is 0.688. The molecule has 378 valence electrons. The van der Waals surface area contributed by atoms with Crippen LogP contribution in [0.4, 0.5) is 0 Å². The molecule has 2 aliphatic rings. The number of aromatic amines is 2. The minimum absolute atomic E-state index is 0.838. The van der Waals surface area contributed by atoms with Crippen LogP contribution >= 0.6 is 0 Å². The SMILES string of the molecule is CCCCCCCCCCC(CCCCCCCC)CCCc1c2nc(cc3ccc([nH]3)c(CCCC(CCCCCCCC)CCCCCCCCCC)c3nc(cc4ccc1[nH]4)C=C3)C=C2. The van der Waals surface area contributed by atoms with Crippen molar-refractivity contribution >= 4 is 46.4 Å². The van der Waals surface area contributed by atoms with Gasteiger partial charge < -0.3 is 9.97 Å². The Morgan fingerprint density at radius 1 is 0.338 bits per heavy atom. The highest BCUT2D eigenvalue weighted by Crippen LogP contribution is 2.30. The van der Waals surface area contributed by atoms with Gasteiger partial charge in [0.15, 0.2) is 0 Å². The minimum Gasteiger partial charge on any atom is -0.355 e. The number of unbranched alkanes of at least 4 members (excludes halogenated alkanes) is 24. The monoisotopic (exact) mass is 927 g/mol.